The van der Waals surface area contributed by atoms with Crippen LogP contribution in [-0.2, 0) is 5.41 Å². The first kappa shape index (κ1) is 11.1. The van der Waals surface area contributed by atoms with Crippen LogP contribution in [0.25, 0.3) is 11.0 Å². The molecule has 0 aliphatic heterocycles. The lowest BCUT2D eigenvalue weighted by Gasteiger charge is -2.20. The second-order valence-corrected chi connectivity index (χ2v) is 5.40. The van der Waals surface area contributed by atoms with Crippen LogP contribution in [-0.4, -0.2) is 9.97 Å². The molecule has 0 N–H and O–H groups in total. The van der Waals surface area contributed by atoms with Crippen LogP contribution in [0.15, 0.2) is 18.2 Å². The maximum Gasteiger partial charge on any atom is 0.0893 e. The molecule has 0 saturated heterocycles. The van der Waals surface area contributed by atoms with E-state index in [1.54, 1.807) is 0 Å². The minimum atomic E-state index is 0.0506. The Kier molecular flexibility index (Phi) is 2.45. The molecule has 0 spiro atoms. The molecule has 0 saturated carbocycles. The van der Waals surface area contributed by atoms with Gasteiger partial charge >= 0.3 is 0 Å². The third-order valence-corrected chi connectivity index (χ3v) is 2.70. The van der Waals surface area contributed by atoms with Gasteiger partial charge in [-0.2, -0.15) is 0 Å². The Bertz CT molecular complexity index is 536. The summed E-state index contributed by atoms with van der Waals surface area (Å²) in [6.45, 7) is 10.6. The third kappa shape index (κ3) is 1.92. The SMILES string of the molecule is Cc1ccc2nc(C)c(C(C)(C)C)nc2c1. The van der Waals surface area contributed by atoms with Crippen LogP contribution >= 0.6 is 0 Å². The maximum absolute atomic E-state index is 4.74. The molecule has 2 rings (SSSR count). The highest BCUT2D eigenvalue weighted by Crippen LogP contribution is 2.24. The predicted molar refractivity (Wildman–Crippen MR) is 67.7 cm³/mol. The van der Waals surface area contributed by atoms with Crippen molar-refractivity contribution in [1.82, 2.24) is 9.97 Å². The number of rotatable bonds is 0. The number of benzene rings is 1. The van der Waals surface area contributed by atoms with Crippen molar-refractivity contribution in [3.8, 4) is 0 Å². The van der Waals surface area contributed by atoms with Crippen molar-refractivity contribution >= 4 is 11.0 Å². The first-order valence-electron chi connectivity index (χ1n) is 5.63. The number of hydrogen-bond donors (Lipinski definition) is 0. The summed E-state index contributed by atoms with van der Waals surface area (Å²) in [6.07, 6.45) is 0. The quantitative estimate of drug-likeness (QED) is 0.670. The highest BCUT2D eigenvalue weighted by atomic mass is 14.8. The molecule has 0 unspecified atom stereocenters. The number of fused-ring (bicyclic) bond motifs is 1. The van der Waals surface area contributed by atoms with Crippen LogP contribution in [0.2, 0.25) is 0 Å². The van der Waals surface area contributed by atoms with Crippen LogP contribution in [0, 0.1) is 13.8 Å². The van der Waals surface area contributed by atoms with Gasteiger partial charge in [0.25, 0.3) is 0 Å². The minimum absolute atomic E-state index is 0.0506. The summed E-state index contributed by atoms with van der Waals surface area (Å²) < 4.78 is 0. The summed E-state index contributed by atoms with van der Waals surface area (Å²) in [5.74, 6) is 0. The highest BCUT2D eigenvalue weighted by Gasteiger charge is 2.19. The number of nitrogens with zero attached hydrogens (tertiary/aromatic N) is 2. The molecule has 16 heavy (non-hydrogen) atoms. The fourth-order valence-corrected chi connectivity index (χ4v) is 1.96. The molecule has 2 nitrogen and oxygen atoms in total. The zero-order valence-electron chi connectivity index (χ0n) is 10.6. The molecule has 0 atom stereocenters. The van der Waals surface area contributed by atoms with Crippen molar-refractivity contribution in [1.29, 1.82) is 0 Å². The van der Waals surface area contributed by atoms with E-state index in [2.05, 4.69) is 44.8 Å². The van der Waals surface area contributed by atoms with Gasteiger partial charge in [-0.1, -0.05) is 26.8 Å². The van der Waals surface area contributed by atoms with Gasteiger partial charge in [-0.25, -0.2) is 9.97 Å². The molecule has 0 aliphatic carbocycles. The van der Waals surface area contributed by atoms with E-state index in [-0.39, 0.29) is 5.41 Å². The normalized spacial score (nSPS) is 12.1. The van der Waals surface area contributed by atoms with Crippen LogP contribution < -0.4 is 0 Å². The molecule has 0 aliphatic rings. The summed E-state index contributed by atoms with van der Waals surface area (Å²) >= 11 is 0. The number of aromatic nitrogens is 2. The van der Waals surface area contributed by atoms with Gasteiger partial charge < -0.3 is 0 Å². The van der Waals surface area contributed by atoms with Crippen molar-refractivity contribution in [2.24, 2.45) is 0 Å². The van der Waals surface area contributed by atoms with E-state index in [0.717, 1.165) is 22.4 Å². The molecule has 0 amide bonds. The summed E-state index contributed by atoms with van der Waals surface area (Å²) in [4.78, 5) is 9.37. The van der Waals surface area contributed by atoms with Gasteiger partial charge in [-0.05, 0) is 31.5 Å². The predicted octanol–water partition coefficient (Wildman–Crippen LogP) is 3.54. The van der Waals surface area contributed by atoms with Gasteiger partial charge in [-0.3, -0.25) is 0 Å². The van der Waals surface area contributed by atoms with Gasteiger partial charge in [0.15, 0.2) is 0 Å². The first-order valence-corrected chi connectivity index (χ1v) is 5.63. The molecule has 0 radical (unpaired) electrons. The van der Waals surface area contributed by atoms with Crippen LogP contribution in [0.4, 0.5) is 0 Å². The third-order valence-electron chi connectivity index (χ3n) is 2.70. The van der Waals surface area contributed by atoms with Crippen molar-refractivity contribution in [2.75, 3.05) is 0 Å². The van der Waals surface area contributed by atoms with Gasteiger partial charge in [-0.15, -0.1) is 0 Å². The fraction of sp³-hybridized carbons (Fsp3) is 0.429. The maximum atomic E-state index is 4.74. The minimum Gasteiger partial charge on any atom is -0.250 e. The molecular formula is C14H18N2. The summed E-state index contributed by atoms with van der Waals surface area (Å²) in [5.41, 5.74) is 5.38. The standard InChI is InChI=1S/C14H18N2/c1-9-6-7-11-12(8-9)16-13(10(2)15-11)14(3,4)5/h6-8H,1-5H3. The fourth-order valence-electron chi connectivity index (χ4n) is 1.96. The molecule has 0 bridgehead atoms. The highest BCUT2D eigenvalue weighted by molar-refractivity contribution is 5.75. The lowest BCUT2D eigenvalue weighted by Crippen LogP contribution is -2.16. The molecule has 1 aromatic carbocycles. The Morgan fingerprint density at radius 1 is 0.938 bits per heavy atom. The Morgan fingerprint density at radius 2 is 1.62 bits per heavy atom. The summed E-state index contributed by atoms with van der Waals surface area (Å²) in [5, 5.41) is 0. The zero-order valence-corrected chi connectivity index (χ0v) is 10.6. The van der Waals surface area contributed by atoms with Crippen molar-refractivity contribution in [3.63, 3.8) is 0 Å². The van der Waals surface area contributed by atoms with Crippen LogP contribution in [0.1, 0.15) is 37.7 Å². The second kappa shape index (κ2) is 3.55. The molecule has 1 heterocycles. The molecule has 0 fully saturated rings. The number of hydrogen-bond acceptors (Lipinski definition) is 2. The average molecular weight is 214 g/mol. The topological polar surface area (TPSA) is 25.8 Å². The van der Waals surface area contributed by atoms with E-state index >= 15 is 0 Å². The van der Waals surface area contributed by atoms with E-state index in [0.29, 0.717) is 0 Å². The molecule has 1 aromatic heterocycles. The first-order chi connectivity index (χ1) is 7.38. The van der Waals surface area contributed by atoms with Gasteiger partial charge in [0.2, 0.25) is 0 Å². The van der Waals surface area contributed by atoms with E-state index in [9.17, 15) is 0 Å². The van der Waals surface area contributed by atoms with E-state index in [1.165, 1.54) is 5.56 Å². The Hall–Kier alpha value is -1.44. The van der Waals surface area contributed by atoms with Gasteiger partial charge in [0.05, 0.1) is 22.4 Å². The summed E-state index contributed by atoms with van der Waals surface area (Å²) in [7, 11) is 0. The molecule has 2 aromatic rings. The van der Waals surface area contributed by atoms with Crippen molar-refractivity contribution in [3.05, 3.63) is 35.2 Å². The molecular weight excluding hydrogens is 196 g/mol. The van der Waals surface area contributed by atoms with E-state index in [1.807, 2.05) is 13.0 Å². The lowest BCUT2D eigenvalue weighted by atomic mass is 9.90. The smallest absolute Gasteiger partial charge is 0.0893 e. The average Bonchev–Trinajstić information content (AvgIpc) is 2.16. The van der Waals surface area contributed by atoms with Crippen molar-refractivity contribution < 1.29 is 0 Å². The zero-order chi connectivity index (χ0) is 11.9. The van der Waals surface area contributed by atoms with E-state index < -0.39 is 0 Å². The summed E-state index contributed by atoms with van der Waals surface area (Å²) in [6, 6.07) is 6.21. The Morgan fingerprint density at radius 3 is 2.25 bits per heavy atom. The monoisotopic (exact) mass is 214 g/mol. The lowest BCUT2D eigenvalue weighted by molar-refractivity contribution is 0.563. The van der Waals surface area contributed by atoms with Crippen molar-refractivity contribution in [2.45, 2.75) is 40.0 Å². The second-order valence-electron chi connectivity index (χ2n) is 5.40. The van der Waals surface area contributed by atoms with Crippen LogP contribution in [0.5, 0.6) is 0 Å². The Balaban J connectivity index is 2.74. The Labute approximate surface area is 96.7 Å². The van der Waals surface area contributed by atoms with Gasteiger partial charge in [0, 0.05) is 5.41 Å². The molecule has 84 valence electrons. The van der Waals surface area contributed by atoms with Gasteiger partial charge in [0.1, 0.15) is 0 Å². The van der Waals surface area contributed by atoms with E-state index in [4.69, 9.17) is 4.98 Å². The largest absolute Gasteiger partial charge is 0.250 e. The number of aryl methyl sites for hydroxylation is 2. The van der Waals surface area contributed by atoms with Crippen LogP contribution in [0.3, 0.4) is 0 Å². The molecule has 2 heteroatoms.